The number of hydrogen-bond acceptors (Lipinski definition) is 4. The van der Waals surface area contributed by atoms with E-state index in [4.69, 9.17) is 4.42 Å². The van der Waals surface area contributed by atoms with E-state index in [1.165, 1.54) is 0 Å². The van der Waals surface area contributed by atoms with Crippen LogP contribution in [0.4, 0.5) is 0 Å². The van der Waals surface area contributed by atoms with Gasteiger partial charge in [-0.25, -0.2) is 0 Å². The van der Waals surface area contributed by atoms with Crippen molar-refractivity contribution in [1.82, 2.24) is 15.3 Å². The molecular weight excluding hydrogens is 214 g/mol. The fourth-order valence-electron chi connectivity index (χ4n) is 1.76. The lowest BCUT2D eigenvalue weighted by Gasteiger charge is -2.15. The third-order valence-corrected chi connectivity index (χ3v) is 2.56. The summed E-state index contributed by atoms with van der Waals surface area (Å²) in [5.41, 5.74) is 2.01. The lowest BCUT2D eigenvalue weighted by atomic mass is 10.1. The van der Waals surface area contributed by atoms with Crippen molar-refractivity contribution in [3.05, 3.63) is 47.9 Å². The van der Waals surface area contributed by atoms with Crippen molar-refractivity contribution in [2.24, 2.45) is 0 Å². The van der Waals surface area contributed by atoms with E-state index in [0.29, 0.717) is 0 Å². The SMILES string of the molecule is CCCNC(c1coc(C)c1)c1cnccn1. The highest BCUT2D eigenvalue weighted by atomic mass is 16.3. The van der Waals surface area contributed by atoms with Crippen LogP contribution in [0, 0.1) is 6.92 Å². The van der Waals surface area contributed by atoms with E-state index in [-0.39, 0.29) is 6.04 Å². The summed E-state index contributed by atoms with van der Waals surface area (Å²) in [5, 5.41) is 3.45. The van der Waals surface area contributed by atoms with Crippen LogP contribution in [0.3, 0.4) is 0 Å². The largest absolute Gasteiger partial charge is 0.469 e. The van der Waals surface area contributed by atoms with Gasteiger partial charge in [0.05, 0.1) is 24.2 Å². The van der Waals surface area contributed by atoms with Gasteiger partial charge in [-0.1, -0.05) is 6.92 Å². The smallest absolute Gasteiger partial charge is 0.101 e. The zero-order valence-corrected chi connectivity index (χ0v) is 10.2. The predicted octanol–water partition coefficient (Wildman–Crippen LogP) is 2.47. The Balaban J connectivity index is 2.25. The number of rotatable bonds is 5. The molecule has 0 aliphatic rings. The second-order valence-electron chi connectivity index (χ2n) is 4.01. The molecule has 2 aromatic rings. The fourth-order valence-corrected chi connectivity index (χ4v) is 1.76. The second kappa shape index (κ2) is 5.59. The van der Waals surface area contributed by atoms with Crippen molar-refractivity contribution in [2.45, 2.75) is 26.3 Å². The maximum Gasteiger partial charge on any atom is 0.101 e. The maximum absolute atomic E-state index is 5.36. The Morgan fingerprint density at radius 1 is 1.41 bits per heavy atom. The molecule has 2 heterocycles. The van der Waals surface area contributed by atoms with Gasteiger partial charge in [0.15, 0.2) is 0 Å². The third-order valence-electron chi connectivity index (χ3n) is 2.56. The van der Waals surface area contributed by atoms with Crippen LogP contribution in [-0.4, -0.2) is 16.5 Å². The number of hydrogen-bond donors (Lipinski definition) is 1. The zero-order valence-electron chi connectivity index (χ0n) is 10.2. The average molecular weight is 231 g/mol. The van der Waals surface area contributed by atoms with Gasteiger partial charge in [-0.05, 0) is 26.0 Å². The minimum absolute atomic E-state index is 0.0566. The van der Waals surface area contributed by atoms with Gasteiger partial charge in [0.2, 0.25) is 0 Å². The Morgan fingerprint density at radius 3 is 2.88 bits per heavy atom. The number of nitrogens with zero attached hydrogens (tertiary/aromatic N) is 2. The number of furan rings is 1. The minimum Gasteiger partial charge on any atom is -0.469 e. The average Bonchev–Trinajstić information content (AvgIpc) is 2.78. The van der Waals surface area contributed by atoms with Crippen LogP contribution in [0.2, 0.25) is 0 Å². The Kier molecular flexibility index (Phi) is 3.88. The van der Waals surface area contributed by atoms with Gasteiger partial charge in [-0.2, -0.15) is 0 Å². The summed E-state index contributed by atoms with van der Waals surface area (Å²) in [5.74, 6) is 0.909. The van der Waals surface area contributed by atoms with E-state index < -0.39 is 0 Å². The molecule has 0 radical (unpaired) electrons. The molecule has 4 heteroatoms. The molecule has 0 aliphatic carbocycles. The molecule has 1 N–H and O–H groups in total. The molecule has 0 fully saturated rings. The molecule has 0 aromatic carbocycles. The quantitative estimate of drug-likeness (QED) is 0.858. The maximum atomic E-state index is 5.36. The molecule has 0 aliphatic heterocycles. The van der Waals surface area contributed by atoms with E-state index in [1.54, 1.807) is 24.9 Å². The number of aromatic nitrogens is 2. The highest BCUT2D eigenvalue weighted by Gasteiger charge is 2.16. The lowest BCUT2D eigenvalue weighted by molar-refractivity contribution is 0.522. The molecule has 2 rings (SSSR count). The van der Waals surface area contributed by atoms with Gasteiger partial charge in [-0.3, -0.25) is 9.97 Å². The van der Waals surface area contributed by atoms with Crippen molar-refractivity contribution in [3.63, 3.8) is 0 Å². The molecular formula is C13H17N3O. The normalized spacial score (nSPS) is 12.6. The summed E-state index contributed by atoms with van der Waals surface area (Å²) >= 11 is 0. The molecule has 1 atom stereocenters. The van der Waals surface area contributed by atoms with Crippen LogP contribution in [-0.2, 0) is 0 Å². The van der Waals surface area contributed by atoms with Crippen LogP contribution in [0.15, 0.2) is 35.3 Å². The topological polar surface area (TPSA) is 51.0 Å². The van der Waals surface area contributed by atoms with Crippen LogP contribution in [0.25, 0.3) is 0 Å². The summed E-state index contributed by atoms with van der Waals surface area (Å²) < 4.78 is 5.36. The van der Waals surface area contributed by atoms with Crippen LogP contribution >= 0.6 is 0 Å². The van der Waals surface area contributed by atoms with Crippen molar-refractivity contribution >= 4 is 0 Å². The first-order valence-corrected chi connectivity index (χ1v) is 5.85. The Morgan fingerprint density at radius 2 is 2.29 bits per heavy atom. The van der Waals surface area contributed by atoms with E-state index in [9.17, 15) is 0 Å². The van der Waals surface area contributed by atoms with Crippen LogP contribution in [0.1, 0.15) is 36.4 Å². The van der Waals surface area contributed by atoms with Crippen molar-refractivity contribution in [3.8, 4) is 0 Å². The second-order valence-corrected chi connectivity index (χ2v) is 4.01. The summed E-state index contributed by atoms with van der Waals surface area (Å²) in [6.45, 7) is 5.02. The van der Waals surface area contributed by atoms with E-state index >= 15 is 0 Å². The van der Waals surface area contributed by atoms with Gasteiger partial charge in [0.25, 0.3) is 0 Å². The summed E-state index contributed by atoms with van der Waals surface area (Å²) in [6, 6.07) is 2.09. The molecule has 0 bridgehead atoms. The molecule has 17 heavy (non-hydrogen) atoms. The van der Waals surface area contributed by atoms with Gasteiger partial charge in [-0.15, -0.1) is 0 Å². The van der Waals surface area contributed by atoms with Crippen LogP contribution in [0.5, 0.6) is 0 Å². The highest BCUT2D eigenvalue weighted by Crippen LogP contribution is 2.21. The van der Waals surface area contributed by atoms with E-state index in [0.717, 1.165) is 30.0 Å². The molecule has 4 nitrogen and oxygen atoms in total. The van der Waals surface area contributed by atoms with Gasteiger partial charge in [0.1, 0.15) is 5.76 Å². The monoisotopic (exact) mass is 231 g/mol. The Bertz CT molecular complexity index is 453. The fraction of sp³-hybridized carbons (Fsp3) is 0.385. The minimum atomic E-state index is 0.0566. The summed E-state index contributed by atoms with van der Waals surface area (Å²) in [6.07, 6.45) is 8.03. The first-order chi connectivity index (χ1) is 8.31. The van der Waals surface area contributed by atoms with Gasteiger partial charge < -0.3 is 9.73 Å². The standard InChI is InChI=1S/C13H17N3O/c1-3-4-16-13(11-7-10(2)17-9-11)12-8-14-5-6-15-12/h5-9,13,16H,3-4H2,1-2H3. The van der Waals surface area contributed by atoms with Crippen LogP contribution < -0.4 is 5.32 Å². The van der Waals surface area contributed by atoms with Gasteiger partial charge in [0, 0.05) is 18.0 Å². The third kappa shape index (κ3) is 2.91. The van der Waals surface area contributed by atoms with Crippen molar-refractivity contribution < 1.29 is 4.42 Å². The predicted molar refractivity (Wildman–Crippen MR) is 65.6 cm³/mol. The zero-order chi connectivity index (χ0) is 12.1. The highest BCUT2D eigenvalue weighted by molar-refractivity contribution is 5.24. The first kappa shape index (κ1) is 11.8. The van der Waals surface area contributed by atoms with Gasteiger partial charge >= 0.3 is 0 Å². The van der Waals surface area contributed by atoms with Crippen molar-refractivity contribution in [2.75, 3.05) is 6.54 Å². The molecule has 2 aromatic heterocycles. The van der Waals surface area contributed by atoms with Crippen molar-refractivity contribution in [1.29, 1.82) is 0 Å². The molecule has 90 valence electrons. The molecule has 0 spiro atoms. The Labute approximate surface area is 101 Å². The first-order valence-electron chi connectivity index (χ1n) is 5.85. The molecule has 0 amide bonds. The molecule has 0 saturated heterocycles. The summed E-state index contributed by atoms with van der Waals surface area (Å²) in [7, 11) is 0. The van der Waals surface area contributed by atoms with E-state index in [2.05, 4.69) is 22.2 Å². The van der Waals surface area contributed by atoms with E-state index in [1.807, 2.05) is 13.0 Å². The molecule has 0 saturated carbocycles. The number of aryl methyl sites for hydroxylation is 1. The lowest BCUT2D eigenvalue weighted by Crippen LogP contribution is -2.23. The Hall–Kier alpha value is -1.68. The summed E-state index contributed by atoms with van der Waals surface area (Å²) in [4.78, 5) is 8.46. The molecule has 1 unspecified atom stereocenters. The number of nitrogens with one attached hydrogen (secondary N) is 1.